The van der Waals surface area contributed by atoms with Crippen molar-refractivity contribution in [2.75, 3.05) is 11.9 Å². The summed E-state index contributed by atoms with van der Waals surface area (Å²) in [6.07, 6.45) is 5.30. The minimum atomic E-state index is -0.652. The first-order chi connectivity index (χ1) is 17.3. The maximum Gasteiger partial charge on any atom is 0.357 e. The number of esters is 1. The first-order valence-corrected chi connectivity index (χ1v) is 11.9. The number of carbonyl (C=O) groups is 1. The SMILES string of the molecule is C=C/C(C)=C(\C=C/C)Nc1nc(O)c(N=Nc2nc(C(=O)OCC)cs2)c(=O)n1-c1ccccc1C. The van der Waals surface area contributed by atoms with E-state index in [1.54, 1.807) is 31.2 Å². The third-order valence-electron chi connectivity index (χ3n) is 4.92. The molecule has 1 aromatic carbocycles. The van der Waals surface area contributed by atoms with Crippen LogP contribution in [0.1, 0.15) is 36.8 Å². The summed E-state index contributed by atoms with van der Waals surface area (Å²) in [6.45, 7) is 11.3. The molecule has 0 unspecified atom stereocenters. The van der Waals surface area contributed by atoms with Crippen LogP contribution in [0, 0.1) is 6.92 Å². The first-order valence-electron chi connectivity index (χ1n) is 11.0. The van der Waals surface area contributed by atoms with Crippen LogP contribution in [0.5, 0.6) is 5.88 Å². The monoisotopic (exact) mass is 506 g/mol. The Hall–Kier alpha value is -4.38. The van der Waals surface area contributed by atoms with Crippen LogP contribution in [0.15, 0.2) is 80.7 Å². The van der Waals surface area contributed by atoms with Crippen molar-refractivity contribution in [3.8, 4) is 11.6 Å². The standard InChI is InChI=1S/C25H26N6O4S/c1-6-11-17(15(4)7-2)26-24-28-21(32)20(22(33)31(24)19-13-10-9-12-16(19)5)29-30-25-27-18(14-36-25)23(34)35-8-3/h6-7,9-14,32H,2,8H2,1,3-5H3,(H,26,28)/b11-6-,17-15+,30-29?. The van der Waals surface area contributed by atoms with Gasteiger partial charge in [0.1, 0.15) is 0 Å². The van der Waals surface area contributed by atoms with Crippen molar-refractivity contribution in [2.45, 2.75) is 27.7 Å². The van der Waals surface area contributed by atoms with Crippen LogP contribution in [0.25, 0.3) is 5.69 Å². The molecule has 2 heterocycles. The number of aromatic nitrogens is 3. The number of carbonyl (C=O) groups excluding carboxylic acids is 1. The largest absolute Gasteiger partial charge is 0.491 e. The Morgan fingerprint density at radius 1 is 1.31 bits per heavy atom. The van der Waals surface area contributed by atoms with E-state index in [-0.39, 0.29) is 29.1 Å². The maximum absolute atomic E-state index is 13.6. The van der Waals surface area contributed by atoms with Crippen molar-refractivity contribution in [3.63, 3.8) is 0 Å². The zero-order valence-corrected chi connectivity index (χ0v) is 21.2. The number of azo groups is 1. The van der Waals surface area contributed by atoms with Gasteiger partial charge in [0.25, 0.3) is 5.56 Å². The second kappa shape index (κ2) is 11.8. The van der Waals surface area contributed by atoms with E-state index in [1.165, 1.54) is 9.95 Å². The number of nitrogens with zero attached hydrogens (tertiary/aromatic N) is 5. The van der Waals surface area contributed by atoms with Gasteiger partial charge < -0.3 is 15.2 Å². The summed E-state index contributed by atoms with van der Waals surface area (Å²) in [4.78, 5) is 33.7. The van der Waals surface area contributed by atoms with Gasteiger partial charge in [0.15, 0.2) is 5.69 Å². The van der Waals surface area contributed by atoms with Gasteiger partial charge in [-0.25, -0.2) is 14.3 Å². The average molecular weight is 507 g/mol. The number of aryl methyl sites for hydroxylation is 1. The molecule has 0 radical (unpaired) electrons. The minimum Gasteiger partial charge on any atom is -0.491 e. The summed E-state index contributed by atoms with van der Waals surface area (Å²) in [5, 5.41) is 23.2. The molecular formula is C25H26N6O4S. The highest BCUT2D eigenvalue weighted by Crippen LogP contribution is 2.28. The lowest BCUT2D eigenvalue weighted by Crippen LogP contribution is -2.24. The van der Waals surface area contributed by atoms with Gasteiger partial charge in [0, 0.05) is 11.1 Å². The van der Waals surface area contributed by atoms with Crippen molar-refractivity contribution in [2.24, 2.45) is 10.2 Å². The lowest BCUT2D eigenvalue weighted by molar-refractivity contribution is 0.0520. The molecule has 0 bridgehead atoms. The van der Waals surface area contributed by atoms with E-state index in [1.807, 2.05) is 39.0 Å². The van der Waals surface area contributed by atoms with Gasteiger partial charge in [-0.2, -0.15) is 4.98 Å². The number of ether oxygens (including phenoxy) is 1. The van der Waals surface area contributed by atoms with Crippen molar-refractivity contribution < 1.29 is 14.6 Å². The Kier molecular flexibility index (Phi) is 8.63. The Morgan fingerprint density at radius 3 is 2.72 bits per heavy atom. The number of rotatable bonds is 9. The summed E-state index contributed by atoms with van der Waals surface area (Å²) in [6, 6.07) is 7.25. The summed E-state index contributed by atoms with van der Waals surface area (Å²) in [5.74, 6) is -1.12. The summed E-state index contributed by atoms with van der Waals surface area (Å²) < 4.78 is 6.23. The van der Waals surface area contributed by atoms with Gasteiger partial charge in [0.05, 0.1) is 12.3 Å². The normalized spacial score (nSPS) is 12.1. The van der Waals surface area contributed by atoms with Crippen LogP contribution in [0.4, 0.5) is 16.8 Å². The van der Waals surface area contributed by atoms with E-state index in [9.17, 15) is 14.7 Å². The smallest absolute Gasteiger partial charge is 0.357 e. The topological polar surface area (TPSA) is 131 Å². The van der Waals surface area contributed by atoms with Crippen LogP contribution < -0.4 is 10.9 Å². The fraction of sp³-hybridized carbons (Fsp3) is 0.200. The zero-order valence-electron chi connectivity index (χ0n) is 20.3. The Morgan fingerprint density at radius 2 is 2.06 bits per heavy atom. The molecule has 2 N–H and O–H groups in total. The van der Waals surface area contributed by atoms with E-state index in [0.29, 0.717) is 11.4 Å². The van der Waals surface area contributed by atoms with Gasteiger partial charge in [-0.05, 0) is 51.0 Å². The summed E-state index contributed by atoms with van der Waals surface area (Å²) in [5.41, 5.74) is 1.84. The molecule has 0 aliphatic heterocycles. The molecule has 10 nitrogen and oxygen atoms in total. The molecule has 0 fully saturated rings. The predicted octanol–water partition coefficient (Wildman–Crippen LogP) is 5.74. The van der Waals surface area contributed by atoms with Gasteiger partial charge in [0.2, 0.25) is 22.6 Å². The number of allylic oxidation sites excluding steroid dienone is 4. The lowest BCUT2D eigenvalue weighted by Gasteiger charge is -2.17. The molecule has 186 valence electrons. The van der Waals surface area contributed by atoms with E-state index < -0.39 is 17.4 Å². The highest BCUT2D eigenvalue weighted by atomic mass is 32.1. The van der Waals surface area contributed by atoms with Gasteiger partial charge in [-0.1, -0.05) is 36.9 Å². The molecule has 3 aromatic rings. The van der Waals surface area contributed by atoms with Crippen LogP contribution >= 0.6 is 11.3 Å². The summed E-state index contributed by atoms with van der Waals surface area (Å²) in [7, 11) is 0. The number of hydrogen-bond acceptors (Lipinski definition) is 10. The third kappa shape index (κ3) is 5.81. The van der Waals surface area contributed by atoms with Crippen LogP contribution in [0.3, 0.4) is 0 Å². The second-order valence-electron chi connectivity index (χ2n) is 7.40. The number of hydrogen-bond donors (Lipinski definition) is 2. The second-order valence-corrected chi connectivity index (χ2v) is 8.23. The van der Waals surface area contributed by atoms with E-state index in [2.05, 4.69) is 32.1 Å². The van der Waals surface area contributed by atoms with Gasteiger partial charge in [-0.3, -0.25) is 4.79 Å². The maximum atomic E-state index is 13.6. The first kappa shape index (κ1) is 26.2. The van der Waals surface area contributed by atoms with Crippen molar-refractivity contribution in [3.05, 3.63) is 87.3 Å². The third-order valence-corrected chi connectivity index (χ3v) is 5.65. The number of anilines is 1. The number of thiazole rings is 1. The molecule has 2 aromatic heterocycles. The average Bonchev–Trinajstić information content (AvgIpc) is 3.33. The molecule has 0 saturated carbocycles. The highest BCUT2D eigenvalue weighted by Gasteiger charge is 2.20. The lowest BCUT2D eigenvalue weighted by atomic mass is 10.2. The van der Waals surface area contributed by atoms with Crippen LogP contribution in [-0.2, 0) is 4.74 Å². The van der Waals surface area contributed by atoms with Crippen molar-refractivity contribution in [1.29, 1.82) is 0 Å². The Balaban J connectivity index is 2.15. The van der Waals surface area contributed by atoms with Gasteiger partial charge >= 0.3 is 5.97 Å². The fourth-order valence-electron chi connectivity index (χ4n) is 3.08. The molecular weight excluding hydrogens is 480 g/mol. The molecule has 36 heavy (non-hydrogen) atoms. The minimum absolute atomic E-state index is 0.0795. The van der Waals surface area contributed by atoms with Crippen molar-refractivity contribution in [1.82, 2.24) is 14.5 Å². The van der Waals surface area contributed by atoms with Crippen LogP contribution in [-0.4, -0.2) is 32.2 Å². The van der Waals surface area contributed by atoms with Gasteiger partial charge in [-0.15, -0.1) is 21.6 Å². The Labute approximate surface area is 212 Å². The molecule has 0 spiro atoms. The van der Waals surface area contributed by atoms with E-state index in [0.717, 1.165) is 22.5 Å². The molecule has 0 amide bonds. The van der Waals surface area contributed by atoms with E-state index in [4.69, 9.17) is 4.74 Å². The molecule has 0 aliphatic carbocycles. The molecule has 3 rings (SSSR count). The number of para-hydroxylation sites is 1. The summed E-state index contributed by atoms with van der Waals surface area (Å²) >= 11 is 1.04. The number of aromatic hydroxyl groups is 1. The zero-order chi connectivity index (χ0) is 26.2. The molecule has 0 aliphatic rings. The number of benzene rings is 1. The van der Waals surface area contributed by atoms with Crippen LogP contribution in [0.2, 0.25) is 0 Å². The molecule has 11 heteroatoms. The molecule has 0 atom stereocenters. The number of nitrogens with one attached hydrogen (secondary N) is 1. The Bertz CT molecular complexity index is 1430. The highest BCUT2D eigenvalue weighted by molar-refractivity contribution is 7.13. The predicted molar refractivity (Wildman–Crippen MR) is 140 cm³/mol. The van der Waals surface area contributed by atoms with Crippen molar-refractivity contribution >= 4 is 34.1 Å². The van der Waals surface area contributed by atoms with E-state index >= 15 is 0 Å². The fourth-order valence-corrected chi connectivity index (χ4v) is 3.69. The molecule has 0 saturated heterocycles. The quantitative estimate of drug-likeness (QED) is 0.215.